The number of nitrogens with one attached hydrogen (secondary N) is 1. The number of carbonyl (C=O) groups excluding carboxylic acids is 1. The Labute approximate surface area is 212 Å². The fourth-order valence-corrected chi connectivity index (χ4v) is 5.05. The first kappa shape index (κ1) is 24.3. The molecule has 3 heterocycles. The summed E-state index contributed by atoms with van der Waals surface area (Å²) in [5, 5.41) is 22.2. The quantitative estimate of drug-likeness (QED) is 0.363. The first-order chi connectivity index (χ1) is 17.8. The van der Waals surface area contributed by atoms with E-state index in [0.29, 0.717) is 30.8 Å². The number of aryl methyl sites for hydroxylation is 1. The Hall–Kier alpha value is -4.40. The smallest absolute Gasteiger partial charge is 0.227 e. The molecule has 0 saturated heterocycles. The molecule has 1 aliphatic rings. The largest absolute Gasteiger partial charge is 0.502 e. The van der Waals surface area contributed by atoms with Crippen molar-refractivity contribution in [3.8, 4) is 23.0 Å². The predicted octanol–water partition coefficient (Wildman–Crippen LogP) is 3.96. The molecule has 1 aliphatic heterocycles. The monoisotopic (exact) mass is 504 g/mol. The number of aromatic hydroxyl groups is 2. The Kier molecular flexibility index (Phi) is 6.29. The fourth-order valence-electron chi connectivity index (χ4n) is 5.05. The van der Waals surface area contributed by atoms with Crippen molar-refractivity contribution in [3.63, 3.8) is 0 Å². The van der Waals surface area contributed by atoms with Crippen LogP contribution in [0.3, 0.4) is 0 Å². The van der Waals surface area contributed by atoms with Gasteiger partial charge in [-0.25, -0.2) is 0 Å². The molecule has 9 nitrogen and oxygen atoms in total. The summed E-state index contributed by atoms with van der Waals surface area (Å²) in [5.41, 5.74) is 3.12. The number of carbonyl (C=O) groups is 1. The van der Waals surface area contributed by atoms with Crippen molar-refractivity contribution in [1.82, 2.24) is 9.88 Å². The summed E-state index contributed by atoms with van der Waals surface area (Å²) >= 11 is 0. The number of hydrogen-bond donors (Lipinski definition) is 3. The normalized spacial score (nSPS) is 13.9. The zero-order chi connectivity index (χ0) is 26.3. The van der Waals surface area contributed by atoms with Gasteiger partial charge in [0.15, 0.2) is 17.3 Å². The number of H-pyrrole nitrogens is 1. The number of benzene rings is 2. The topological polar surface area (TPSA) is 125 Å². The first-order valence-electron chi connectivity index (χ1n) is 12.0. The number of nitrogens with zero attached hydrogens (tertiary/aromatic N) is 1. The molecule has 4 aromatic rings. The number of phenolic OH excluding ortho intramolecular Hbond substituents is 1. The molecule has 1 atom stereocenters. The number of aromatic nitrogens is 1. The van der Waals surface area contributed by atoms with E-state index in [-0.39, 0.29) is 35.3 Å². The second-order valence-electron chi connectivity index (χ2n) is 9.16. The number of phenols is 1. The maximum atomic E-state index is 13.6. The highest BCUT2D eigenvalue weighted by atomic mass is 16.5. The van der Waals surface area contributed by atoms with Gasteiger partial charge >= 0.3 is 0 Å². The van der Waals surface area contributed by atoms with Gasteiger partial charge in [-0.2, -0.15) is 0 Å². The number of fused-ring (bicyclic) bond motifs is 3. The number of aromatic amines is 1. The van der Waals surface area contributed by atoms with E-state index in [1.807, 2.05) is 18.2 Å². The van der Waals surface area contributed by atoms with Gasteiger partial charge in [0.05, 0.1) is 26.7 Å². The lowest BCUT2D eigenvalue weighted by Gasteiger charge is -2.29. The van der Waals surface area contributed by atoms with Crippen LogP contribution >= 0.6 is 0 Å². The molecular formula is C28H28N2O7. The summed E-state index contributed by atoms with van der Waals surface area (Å²) in [7, 11) is 2.79. The number of ether oxygens (including phenoxy) is 2. The molecule has 0 unspecified atom stereocenters. The summed E-state index contributed by atoms with van der Waals surface area (Å²) in [6.45, 7) is 2.55. The number of rotatable bonds is 6. The van der Waals surface area contributed by atoms with Gasteiger partial charge < -0.3 is 34.0 Å². The molecule has 37 heavy (non-hydrogen) atoms. The molecule has 5 rings (SSSR count). The summed E-state index contributed by atoms with van der Waals surface area (Å²) in [4.78, 5) is 31.2. The van der Waals surface area contributed by atoms with Crippen LogP contribution in [0.2, 0.25) is 0 Å². The van der Waals surface area contributed by atoms with Crippen LogP contribution in [-0.4, -0.2) is 46.8 Å². The third kappa shape index (κ3) is 4.37. The van der Waals surface area contributed by atoms with Crippen molar-refractivity contribution in [2.45, 2.75) is 32.2 Å². The second-order valence-corrected chi connectivity index (χ2v) is 9.16. The third-order valence-corrected chi connectivity index (χ3v) is 6.91. The highest BCUT2D eigenvalue weighted by molar-refractivity contribution is 5.86. The minimum absolute atomic E-state index is 0.0311. The van der Waals surface area contributed by atoms with Crippen LogP contribution in [-0.2, 0) is 17.8 Å². The van der Waals surface area contributed by atoms with Crippen LogP contribution < -0.4 is 14.9 Å². The first-order valence-corrected chi connectivity index (χ1v) is 12.0. The molecule has 3 N–H and O–H groups in total. The molecule has 9 heteroatoms. The highest BCUT2D eigenvalue weighted by Gasteiger charge is 2.31. The SMILES string of the molecule is COc1cc([C@H](CC(=O)N2CCc3c([nH]c4ccccc34)C2)c2oc(C)cc(=O)c2O)cc(OC)c1O. The Morgan fingerprint density at radius 3 is 2.51 bits per heavy atom. The van der Waals surface area contributed by atoms with Crippen molar-refractivity contribution in [3.05, 3.63) is 81.0 Å². The molecular weight excluding hydrogens is 476 g/mol. The predicted molar refractivity (Wildman–Crippen MR) is 136 cm³/mol. The van der Waals surface area contributed by atoms with Crippen molar-refractivity contribution >= 4 is 16.8 Å². The van der Waals surface area contributed by atoms with Crippen molar-refractivity contribution in [1.29, 1.82) is 0 Å². The maximum Gasteiger partial charge on any atom is 0.227 e. The van der Waals surface area contributed by atoms with Gasteiger partial charge in [0.1, 0.15) is 5.76 Å². The molecule has 1 amide bonds. The van der Waals surface area contributed by atoms with Crippen molar-refractivity contribution in [2.24, 2.45) is 0 Å². The van der Waals surface area contributed by atoms with Gasteiger partial charge in [-0.1, -0.05) is 18.2 Å². The molecule has 0 aliphatic carbocycles. The zero-order valence-corrected chi connectivity index (χ0v) is 20.8. The average Bonchev–Trinajstić information content (AvgIpc) is 3.27. The Bertz CT molecular complexity index is 1530. The Morgan fingerprint density at radius 1 is 1.11 bits per heavy atom. The fraction of sp³-hybridized carbons (Fsp3) is 0.286. The Morgan fingerprint density at radius 2 is 1.81 bits per heavy atom. The maximum absolute atomic E-state index is 13.6. The van der Waals surface area contributed by atoms with Crippen LogP contribution in [0.1, 0.15) is 40.7 Å². The molecule has 0 saturated carbocycles. The van der Waals surface area contributed by atoms with Crippen molar-refractivity contribution in [2.75, 3.05) is 20.8 Å². The van der Waals surface area contributed by atoms with Gasteiger partial charge in [0.25, 0.3) is 0 Å². The van der Waals surface area contributed by atoms with Crippen LogP contribution in [0.5, 0.6) is 23.0 Å². The minimum Gasteiger partial charge on any atom is -0.502 e. The molecule has 192 valence electrons. The number of methoxy groups -OCH3 is 2. The van der Waals surface area contributed by atoms with E-state index in [0.717, 1.165) is 16.6 Å². The number of hydrogen-bond acceptors (Lipinski definition) is 7. The van der Waals surface area contributed by atoms with Gasteiger partial charge in [0.2, 0.25) is 22.8 Å². The van der Waals surface area contributed by atoms with Gasteiger partial charge in [-0.15, -0.1) is 0 Å². The molecule has 0 radical (unpaired) electrons. The number of amides is 1. The minimum atomic E-state index is -0.840. The van der Waals surface area contributed by atoms with Crippen LogP contribution in [0, 0.1) is 6.92 Å². The van der Waals surface area contributed by atoms with E-state index < -0.39 is 17.1 Å². The lowest BCUT2D eigenvalue weighted by Crippen LogP contribution is -2.36. The molecule has 2 aromatic heterocycles. The lowest BCUT2D eigenvalue weighted by atomic mass is 9.90. The third-order valence-electron chi connectivity index (χ3n) is 6.91. The summed E-state index contributed by atoms with van der Waals surface area (Å²) in [6, 6.07) is 12.3. The standard InChI is InChI=1S/C28H28N2O7/c1-15-10-22(31)26(33)28(37-15)19(16-11-23(35-2)27(34)24(12-16)36-3)13-25(32)30-9-8-18-17-6-4-5-7-20(17)29-21(18)14-30/h4-7,10-12,19,29,33-34H,8-9,13-14H2,1-3H3/t19-/m0/s1. The van der Waals surface area contributed by atoms with Gasteiger partial charge in [-0.3, -0.25) is 9.59 Å². The van der Waals surface area contributed by atoms with Crippen LogP contribution in [0.25, 0.3) is 10.9 Å². The Balaban J connectivity index is 1.53. The van der Waals surface area contributed by atoms with E-state index in [1.165, 1.54) is 25.8 Å². The number of para-hydroxylation sites is 1. The van der Waals surface area contributed by atoms with E-state index in [2.05, 4.69) is 11.1 Å². The van der Waals surface area contributed by atoms with Crippen LogP contribution in [0.4, 0.5) is 0 Å². The van der Waals surface area contributed by atoms with E-state index in [1.54, 1.807) is 24.0 Å². The summed E-state index contributed by atoms with van der Waals surface area (Å²) in [6.07, 6.45) is 0.619. The van der Waals surface area contributed by atoms with Crippen LogP contribution in [0.15, 0.2) is 51.7 Å². The van der Waals surface area contributed by atoms with E-state index in [4.69, 9.17) is 13.9 Å². The molecule has 0 spiro atoms. The second kappa shape index (κ2) is 9.57. The summed E-state index contributed by atoms with van der Waals surface area (Å²) in [5.74, 6) is -1.26. The van der Waals surface area contributed by atoms with Gasteiger partial charge in [0, 0.05) is 35.6 Å². The van der Waals surface area contributed by atoms with E-state index in [9.17, 15) is 19.8 Å². The van der Waals surface area contributed by atoms with Gasteiger partial charge in [-0.05, 0) is 42.7 Å². The molecule has 2 aromatic carbocycles. The van der Waals surface area contributed by atoms with Crippen molar-refractivity contribution < 1.29 is 28.9 Å². The average molecular weight is 505 g/mol. The molecule has 0 bridgehead atoms. The highest BCUT2D eigenvalue weighted by Crippen LogP contribution is 2.43. The summed E-state index contributed by atoms with van der Waals surface area (Å²) < 4.78 is 16.4. The molecule has 0 fully saturated rings. The lowest BCUT2D eigenvalue weighted by molar-refractivity contribution is -0.132. The zero-order valence-electron chi connectivity index (χ0n) is 20.8. The van der Waals surface area contributed by atoms with E-state index >= 15 is 0 Å².